The predicted octanol–water partition coefficient (Wildman–Crippen LogP) is 5.00. The molecule has 11 heteroatoms. The summed E-state index contributed by atoms with van der Waals surface area (Å²) in [7, 11) is -3.76. The number of nitrogens with one attached hydrogen (secondary N) is 1. The van der Waals surface area contributed by atoms with E-state index in [9.17, 15) is 22.8 Å². The predicted molar refractivity (Wildman–Crippen MR) is 162 cm³/mol. The van der Waals surface area contributed by atoms with E-state index in [2.05, 4.69) is 10.2 Å². The maximum Gasteiger partial charge on any atom is 0.265 e. The summed E-state index contributed by atoms with van der Waals surface area (Å²) in [6, 6.07) is 14.9. The number of sulfone groups is 1. The number of fused-ring (bicyclic) bond motifs is 1. The lowest BCUT2D eigenvalue weighted by molar-refractivity contribution is -0.118. The van der Waals surface area contributed by atoms with Crippen molar-refractivity contribution in [1.29, 1.82) is 0 Å². The highest BCUT2D eigenvalue weighted by Gasteiger charge is 2.32. The Bertz CT molecular complexity index is 1550. The van der Waals surface area contributed by atoms with Gasteiger partial charge in [0.2, 0.25) is 5.91 Å². The third kappa shape index (κ3) is 7.24. The van der Waals surface area contributed by atoms with Crippen molar-refractivity contribution in [1.82, 2.24) is 4.90 Å². The van der Waals surface area contributed by atoms with Gasteiger partial charge >= 0.3 is 0 Å². The zero-order valence-electron chi connectivity index (χ0n) is 22.6. The van der Waals surface area contributed by atoms with E-state index >= 15 is 0 Å². The molecule has 1 N–H and O–H groups in total. The van der Waals surface area contributed by atoms with Gasteiger partial charge in [0.05, 0.1) is 16.4 Å². The molecule has 5 rings (SSSR count). The summed E-state index contributed by atoms with van der Waals surface area (Å²) < 4.78 is 25.3. The number of ketones is 1. The summed E-state index contributed by atoms with van der Waals surface area (Å²) in [6.45, 7) is 4.25. The first-order chi connectivity index (χ1) is 19.7. The number of hydrogen-bond acceptors (Lipinski definition) is 8. The van der Waals surface area contributed by atoms with E-state index in [-0.39, 0.29) is 23.0 Å². The molecule has 0 atom stereocenters. The number of Topliss-reactive ketones (excluding diaryl/α,β-unsaturated/α-hetero) is 1. The van der Waals surface area contributed by atoms with Crippen LogP contribution in [0.5, 0.6) is 0 Å². The van der Waals surface area contributed by atoms with Crippen LogP contribution in [-0.2, 0) is 32.3 Å². The van der Waals surface area contributed by atoms with E-state index in [1.807, 2.05) is 12.1 Å². The molecule has 3 heterocycles. The third-order valence-electron chi connectivity index (χ3n) is 7.36. The Balaban J connectivity index is 1.17. The summed E-state index contributed by atoms with van der Waals surface area (Å²) in [4.78, 5) is 42.4. The number of nitrogens with zero attached hydrogens (tertiary/aromatic N) is 2. The van der Waals surface area contributed by atoms with Crippen molar-refractivity contribution in [3.63, 3.8) is 0 Å². The van der Waals surface area contributed by atoms with Crippen molar-refractivity contribution in [2.75, 3.05) is 42.1 Å². The van der Waals surface area contributed by atoms with Gasteiger partial charge in [-0.25, -0.2) is 13.3 Å². The molecular formula is C30H32ClN3O5S2. The average Bonchev–Trinajstić information content (AvgIpc) is 3.39. The number of imide groups is 1. The van der Waals surface area contributed by atoms with Gasteiger partial charge in [-0.05, 0) is 92.5 Å². The van der Waals surface area contributed by atoms with E-state index in [1.54, 1.807) is 30.3 Å². The van der Waals surface area contributed by atoms with Gasteiger partial charge < -0.3 is 10.2 Å². The molecule has 1 fully saturated rings. The van der Waals surface area contributed by atoms with Gasteiger partial charge in [-0.2, -0.15) is 0 Å². The maximum absolute atomic E-state index is 13.3. The first-order valence-corrected chi connectivity index (χ1v) is 16.6. The minimum atomic E-state index is -3.76. The molecule has 216 valence electrons. The number of piperidine rings is 1. The Morgan fingerprint density at radius 1 is 0.976 bits per heavy atom. The number of anilines is 2. The number of carbonyl (C=O) groups excluding carboxylic acids is 3. The number of likely N-dealkylation sites (tertiary alicyclic amines) is 1. The molecule has 8 nitrogen and oxygen atoms in total. The quantitative estimate of drug-likeness (QED) is 0.240. The molecule has 2 aliphatic heterocycles. The Labute approximate surface area is 249 Å². The molecule has 0 radical (unpaired) electrons. The van der Waals surface area contributed by atoms with Crippen LogP contribution in [0.15, 0.2) is 58.8 Å². The number of carbonyl (C=O) groups is 3. The van der Waals surface area contributed by atoms with Gasteiger partial charge in [0.15, 0.2) is 15.6 Å². The molecule has 2 aliphatic rings. The Morgan fingerprint density at radius 3 is 2.44 bits per heavy atom. The fourth-order valence-corrected chi connectivity index (χ4v) is 8.11. The summed E-state index contributed by atoms with van der Waals surface area (Å²) in [5.74, 6) is -1.80. The Kier molecular flexibility index (Phi) is 9.23. The molecule has 1 saturated heterocycles. The standard InChI is InChI=1S/C30H32ClN3O5S2/c31-27-11-12-29(40-27)41(38,39)20-25(35)17-21-5-8-24(9-6-21)34-28(36)19-22-18-23(7-10-26(22)30(34)37)32-13-4-16-33-14-2-1-3-15-33/h5-12,18,32H,1-4,13-17,19-20H2. The molecule has 2 aromatic carbocycles. The largest absolute Gasteiger partial charge is 0.385 e. The van der Waals surface area contributed by atoms with Gasteiger partial charge in [0.25, 0.3) is 5.91 Å². The number of benzene rings is 2. The first kappa shape index (κ1) is 29.4. The van der Waals surface area contributed by atoms with Gasteiger partial charge in [-0.15, -0.1) is 11.3 Å². The van der Waals surface area contributed by atoms with Crippen LogP contribution < -0.4 is 10.2 Å². The second-order valence-corrected chi connectivity index (χ2v) is 14.4. The third-order valence-corrected chi connectivity index (χ3v) is 10.8. The topological polar surface area (TPSA) is 104 Å². The zero-order chi connectivity index (χ0) is 29.0. The molecule has 0 saturated carbocycles. The highest BCUT2D eigenvalue weighted by molar-refractivity contribution is 7.94. The number of amides is 2. The molecule has 2 amide bonds. The van der Waals surface area contributed by atoms with Crippen LogP contribution in [0.1, 0.15) is 47.2 Å². The summed E-state index contributed by atoms with van der Waals surface area (Å²) in [5.41, 5.74) is 3.08. The molecule has 0 bridgehead atoms. The van der Waals surface area contributed by atoms with Gasteiger partial charge in [-0.1, -0.05) is 30.2 Å². The van der Waals surface area contributed by atoms with Crippen molar-refractivity contribution in [2.45, 2.75) is 42.7 Å². The van der Waals surface area contributed by atoms with Crippen LogP contribution in [0.3, 0.4) is 0 Å². The molecule has 1 aromatic heterocycles. The molecular weight excluding hydrogens is 582 g/mol. The van der Waals surface area contributed by atoms with Crippen molar-refractivity contribution in [3.05, 3.63) is 75.6 Å². The molecule has 3 aromatic rings. The summed E-state index contributed by atoms with van der Waals surface area (Å²) >= 11 is 6.74. The van der Waals surface area contributed by atoms with Crippen LogP contribution in [0.2, 0.25) is 4.34 Å². The maximum atomic E-state index is 13.3. The number of thiophene rings is 1. The minimum absolute atomic E-state index is 0.0596. The highest BCUT2D eigenvalue weighted by Crippen LogP contribution is 2.29. The van der Waals surface area contributed by atoms with E-state index in [1.165, 1.54) is 44.5 Å². The van der Waals surface area contributed by atoms with E-state index in [4.69, 9.17) is 11.6 Å². The average molecular weight is 614 g/mol. The van der Waals surface area contributed by atoms with E-state index in [0.717, 1.165) is 41.4 Å². The lowest BCUT2D eigenvalue weighted by atomic mass is 9.97. The van der Waals surface area contributed by atoms with Crippen molar-refractivity contribution in [2.24, 2.45) is 0 Å². The minimum Gasteiger partial charge on any atom is -0.385 e. The highest BCUT2D eigenvalue weighted by atomic mass is 35.5. The second kappa shape index (κ2) is 12.9. The van der Waals surface area contributed by atoms with E-state index < -0.39 is 27.3 Å². The van der Waals surface area contributed by atoms with E-state index in [0.29, 0.717) is 26.7 Å². The number of halogens is 1. The lowest BCUT2D eigenvalue weighted by Gasteiger charge is -2.27. The van der Waals surface area contributed by atoms with Gasteiger partial charge in [-0.3, -0.25) is 14.4 Å². The number of hydrogen-bond donors (Lipinski definition) is 1. The zero-order valence-corrected chi connectivity index (χ0v) is 25.0. The Morgan fingerprint density at radius 2 is 1.73 bits per heavy atom. The number of rotatable bonds is 11. The molecule has 41 heavy (non-hydrogen) atoms. The molecule has 0 aliphatic carbocycles. The lowest BCUT2D eigenvalue weighted by Crippen LogP contribution is -2.42. The summed E-state index contributed by atoms with van der Waals surface area (Å²) in [5, 5.41) is 3.42. The van der Waals surface area contributed by atoms with Crippen molar-refractivity contribution < 1.29 is 22.8 Å². The Hall–Kier alpha value is -3.05. The first-order valence-electron chi connectivity index (χ1n) is 13.7. The van der Waals surface area contributed by atoms with Crippen LogP contribution >= 0.6 is 22.9 Å². The van der Waals surface area contributed by atoms with Gasteiger partial charge in [0, 0.05) is 24.2 Å². The van der Waals surface area contributed by atoms with Crippen molar-refractivity contribution >= 4 is 61.7 Å². The summed E-state index contributed by atoms with van der Waals surface area (Å²) in [6.07, 6.45) is 4.93. The smallest absolute Gasteiger partial charge is 0.265 e. The van der Waals surface area contributed by atoms with Crippen LogP contribution in [-0.4, -0.2) is 62.8 Å². The fraction of sp³-hybridized carbons (Fsp3) is 0.367. The molecule has 0 spiro atoms. The fourth-order valence-electron chi connectivity index (χ4n) is 5.30. The SMILES string of the molecule is O=C(Cc1ccc(N2C(=O)Cc3cc(NCCCN4CCCCC4)ccc3C2=O)cc1)CS(=O)(=O)c1ccc(Cl)s1. The molecule has 0 unspecified atom stereocenters. The monoisotopic (exact) mass is 613 g/mol. The van der Waals surface area contributed by atoms with Crippen molar-refractivity contribution in [3.8, 4) is 0 Å². The van der Waals surface area contributed by atoms with Gasteiger partial charge in [0.1, 0.15) is 9.96 Å². The second-order valence-electron chi connectivity index (χ2n) is 10.5. The normalized spacial score (nSPS) is 16.1. The van der Waals surface area contributed by atoms with Crippen LogP contribution in [0.25, 0.3) is 0 Å². The van der Waals surface area contributed by atoms with Crippen LogP contribution in [0.4, 0.5) is 11.4 Å². The van der Waals surface area contributed by atoms with Crippen LogP contribution in [0, 0.1) is 0 Å².